The summed E-state index contributed by atoms with van der Waals surface area (Å²) in [6.07, 6.45) is 3.83. The Morgan fingerprint density at radius 3 is 2.51 bits per heavy atom. The number of carbonyl (C=O) groups is 3. The van der Waals surface area contributed by atoms with Crippen molar-refractivity contribution in [1.29, 1.82) is 0 Å². The third-order valence-corrected chi connectivity index (χ3v) is 8.30. The van der Waals surface area contributed by atoms with Crippen molar-refractivity contribution in [3.63, 3.8) is 0 Å². The first kappa shape index (κ1) is 23.6. The van der Waals surface area contributed by atoms with Gasteiger partial charge in [-0.05, 0) is 74.6 Å². The summed E-state index contributed by atoms with van der Waals surface area (Å²) < 4.78 is 0. The molecule has 2 fully saturated rings. The van der Waals surface area contributed by atoms with Crippen LogP contribution in [0.25, 0.3) is 5.76 Å². The van der Waals surface area contributed by atoms with Crippen molar-refractivity contribution >= 4 is 23.2 Å². The number of ketones is 2. The van der Waals surface area contributed by atoms with Gasteiger partial charge in [0, 0.05) is 17.9 Å². The molecule has 0 radical (unpaired) electrons. The molecule has 35 heavy (non-hydrogen) atoms. The zero-order chi connectivity index (χ0) is 25.1. The number of aliphatic hydroxyl groups is 3. The van der Waals surface area contributed by atoms with E-state index in [2.05, 4.69) is 5.32 Å². The number of phenolic OH excluding ortho intramolecular Hbond substituents is 1. The van der Waals surface area contributed by atoms with E-state index in [0.29, 0.717) is 29.9 Å². The number of hydrogen-bond acceptors (Lipinski definition) is 8. The molecule has 1 heterocycles. The fourth-order valence-corrected chi connectivity index (χ4v) is 6.37. The lowest BCUT2D eigenvalue weighted by Crippen LogP contribution is -2.58. The average Bonchev–Trinajstić information content (AvgIpc) is 2.81. The van der Waals surface area contributed by atoms with Gasteiger partial charge in [0.25, 0.3) is 5.91 Å². The van der Waals surface area contributed by atoms with Gasteiger partial charge in [-0.1, -0.05) is 12.1 Å². The van der Waals surface area contributed by atoms with Crippen molar-refractivity contribution in [3.8, 4) is 5.75 Å². The van der Waals surface area contributed by atoms with E-state index in [-0.39, 0.29) is 29.7 Å². The van der Waals surface area contributed by atoms with Crippen molar-refractivity contribution in [1.82, 2.24) is 5.32 Å². The zero-order valence-corrected chi connectivity index (χ0v) is 19.3. The Balaban J connectivity index is 1.53. The van der Waals surface area contributed by atoms with Gasteiger partial charge in [0.05, 0.1) is 5.56 Å². The number of aromatic hydroxyl groups is 1. The van der Waals surface area contributed by atoms with Crippen LogP contribution in [0.5, 0.6) is 5.75 Å². The van der Waals surface area contributed by atoms with Gasteiger partial charge in [-0.25, -0.2) is 0 Å². The number of benzene rings is 1. The quantitative estimate of drug-likeness (QED) is 0.349. The molecule has 1 amide bonds. The van der Waals surface area contributed by atoms with E-state index in [9.17, 15) is 34.8 Å². The van der Waals surface area contributed by atoms with Crippen molar-refractivity contribution in [3.05, 3.63) is 45.7 Å². The Bertz CT molecular complexity index is 1190. The molecule has 0 unspecified atom stereocenters. The second-order valence-corrected chi connectivity index (χ2v) is 10.2. The van der Waals surface area contributed by atoms with Gasteiger partial charge in [-0.15, -0.1) is 0 Å². The number of piperidine rings is 1. The van der Waals surface area contributed by atoms with E-state index in [1.807, 2.05) is 12.1 Å². The summed E-state index contributed by atoms with van der Waals surface area (Å²) >= 11 is 0. The second-order valence-electron chi connectivity index (χ2n) is 10.2. The molecule has 9 heteroatoms. The molecule has 1 aliphatic heterocycles. The van der Waals surface area contributed by atoms with Gasteiger partial charge >= 0.3 is 0 Å². The van der Waals surface area contributed by atoms with Gasteiger partial charge in [-0.2, -0.15) is 0 Å². The summed E-state index contributed by atoms with van der Waals surface area (Å²) in [5.41, 5.74) is 3.32. The summed E-state index contributed by atoms with van der Waals surface area (Å²) in [6.45, 7) is 1.96. The lowest BCUT2D eigenvalue weighted by atomic mass is 9.59. The van der Waals surface area contributed by atoms with E-state index < -0.39 is 52.0 Å². The maximum atomic E-state index is 13.5. The van der Waals surface area contributed by atoms with E-state index >= 15 is 0 Å². The van der Waals surface area contributed by atoms with E-state index in [0.717, 1.165) is 32.4 Å². The molecule has 0 aromatic heterocycles. The first-order valence-electron chi connectivity index (χ1n) is 12.2. The Kier molecular flexibility index (Phi) is 5.72. The Morgan fingerprint density at radius 2 is 1.83 bits per heavy atom. The fraction of sp³-hybridized carbons (Fsp3) is 0.500. The van der Waals surface area contributed by atoms with Crippen molar-refractivity contribution in [2.75, 3.05) is 13.1 Å². The van der Waals surface area contributed by atoms with Gasteiger partial charge in [0.1, 0.15) is 22.8 Å². The van der Waals surface area contributed by atoms with Crippen molar-refractivity contribution < 1.29 is 34.8 Å². The standard InChI is InChI=1S/C26H30N2O7/c27-25(34)20-17(29)11-16-10-15-9-14-4-3-13(2-1-12-5-7-28-8-6-12)21(30)18(14)22(31)19(15)23(32)26(16,35)24(20)33/h3-4,12,15-16,28,30-31,33,35H,1-2,5-11H2,(H2,27,34)/t15-,16-,26-/m0/s1. The molecule has 1 saturated heterocycles. The molecule has 7 N–H and O–H groups in total. The molecule has 9 nitrogen and oxygen atoms in total. The number of phenols is 1. The van der Waals surface area contributed by atoms with Crippen molar-refractivity contribution in [2.24, 2.45) is 23.5 Å². The zero-order valence-electron chi connectivity index (χ0n) is 19.3. The van der Waals surface area contributed by atoms with Crippen LogP contribution in [0.1, 0.15) is 48.8 Å². The summed E-state index contributed by atoms with van der Waals surface area (Å²) in [6, 6.07) is 3.70. The van der Waals surface area contributed by atoms with Gasteiger partial charge in [0.2, 0.25) is 5.78 Å². The smallest absolute Gasteiger partial charge is 0.255 e. The minimum absolute atomic E-state index is 0.0850. The lowest BCUT2D eigenvalue weighted by molar-refractivity contribution is -0.147. The highest BCUT2D eigenvalue weighted by atomic mass is 16.3. The fourth-order valence-electron chi connectivity index (χ4n) is 6.37. The third kappa shape index (κ3) is 3.56. The number of aryl methyl sites for hydroxylation is 1. The lowest BCUT2D eigenvalue weighted by Gasteiger charge is -2.46. The highest BCUT2D eigenvalue weighted by Crippen LogP contribution is 2.52. The normalized spacial score (nSPS) is 29.1. The molecule has 186 valence electrons. The number of hydrogen-bond donors (Lipinski definition) is 6. The minimum atomic E-state index is -2.53. The van der Waals surface area contributed by atoms with Crippen molar-refractivity contribution in [2.45, 2.75) is 50.5 Å². The molecule has 0 bridgehead atoms. The van der Waals surface area contributed by atoms with E-state index in [1.165, 1.54) is 0 Å². The van der Waals surface area contributed by atoms with Crippen LogP contribution in [0.3, 0.4) is 0 Å². The Labute approximate surface area is 202 Å². The van der Waals surface area contributed by atoms with Crippen LogP contribution >= 0.6 is 0 Å². The van der Waals surface area contributed by atoms with Crippen LogP contribution < -0.4 is 11.1 Å². The molecule has 1 aromatic carbocycles. The number of primary amides is 1. The largest absolute Gasteiger partial charge is 0.508 e. The summed E-state index contributed by atoms with van der Waals surface area (Å²) in [7, 11) is 0. The number of amides is 1. The SMILES string of the molecule is NC(=O)C1=C(O)[C@@]2(O)C(=O)C3=C(O)c4c(ccc(CCC5CCNCC5)c4O)C[C@H]3C[C@H]2CC1=O. The predicted octanol–water partition coefficient (Wildman–Crippen LogP) is 1.36. The topological polar surface area (TPSA) is 170 Å². The first-order valence-corrected chi connectivity index (χ1v) is 12.2. The monoisotopic (exact) mass is 482 g/mol. The van der Waals surface area contributed by atoms with Crippen LogP contribution in [0.4, 0.5) is 0 Å². The summed E-state index contributed by atoms with van der Waals surface area (Å²) in [5.74, 6) is -5.39. The molecule has 3 aliphatic carbocycles. The number of carbonyl (C=O) groups excluding carboxylic acids is 3. The highest BCUT2D eigenvalue weighted by molar-refractivity contribution is 6.22. The number of aliphatic hydroxyl groups excluding tert-OH is 2. The number of nitrogens with two attached hydrogens (primary N) is 1. The van der Waals surface area contributed by atoms with Crippen LogP contribution in [-0.2, 0) is 27.2 Å². The number of Topliss-reactive ketones (excluding diaryl/α,β-unsaturated/α-hetero) is 2. The van der Waals surface area contributed by atoms with Crippen LogP contribution in [0.2, 0.25) is 0 Å². The predicted molar refractivity (Wildman–Crippen MR) is 125 cm³/mol. The summed E-state index contributed by atoms with van der Waals surface area (Å²) in [4.78, 5) is 37.7. The van der Waals surface area contributed by atoms with Crippen LogP contribution in [0.15, 0.2) is 29.0 Å². The Morgan fingerprint density at radius 1 is 1.11 bits per heavy atom. The molecule has 4 aliphatic rings. The third-order valence-electron chi connectivity index (χ3n) is 8.30. The maximum Gasteiger partial charge on any atom is 0.255 e. The first-order chi connectivity index (χ1) is 16.6. The minimum Gasteiger partial charge on any atom is -0.508 e. The molecule has 5 rings (SSSR count). The Hall–Kier alpha value is -3.17. The average molecular weight is 483 g/mol. The molecule has 1 aromatic rings. The van der Waals surface area contributed by atoms with Gasteiger partial charge in [-0.3, -0.25) is 14.4 Å². The van der Waals surface area contributed by atoms with Crippen LogP contribution in [0, 0.1) is 17.8 Å². The molecular weight excluding hydrogens is 452 g/mol. The molecular formula is C26H30N2O7. The van der Waals surface area contributed by atoms with Gasteiger partial charge < -0.3 is 31.5 Å². The molecule has 3 atom stereocenters. The molecule has 0 spiro atoms. The summed E-state index contributed by atoms with van der Waals surface area (Å²) in [5, 5.41) is 47.5. The van der Waals surface area contributed by atoms with Crippen LogP contribution in [-0.4, -0.2) is 56.6 Å². The number of nitrogens with one attached hydrogen (secondary N) is 1. The number of fused-ring (bicyclic) bond motifs is 3. The van der Waals surface area contributed by atoms with E-state index in [4.69, 9.17) is 5.73 Å². The highest BCUT2D eigenvalue weighted by Gasteiger charge is 2.60. The second kappa shape index (κ2) is 8.49. The van der Waals surface area contributed by atoms with E-state index in [1.54, 1.807) is 0 Å². The number of rotatable bonds is 4. The molecule has 1 saturated carbocycles. The van der Waals surface area contributed by atoms with Gasteiger partial charge in [0.15, 0.2) is 11.4 Å². The maximum absolute atomic E-state index is 13.5.